The monoisotopic (exact) mass is 242 g/mol. The summed E-state index contributed by atoms with van der Waals surface area (Å²) in [4.78, 5) is 0. The zero-order valence-electron chi connectivity index (χ0n) is 9.89. The third-order valence-electron chi connectivity index (χ3n) is 3.95. The van der Waals surface area contributed by atoms with Crippen molar-refractivity contribution in [2.75, 3.05) is 6.61 Å². The lowest BCUT2D eigenvalue weighted by atomic mass is 10.9. The van der Waals surface area contributed by atoms with Gasteiger partial charge in [0.15, 0.2) is 7.83 Å². The van der Waals surface area contributed by atoms with Crippen LogP contribution in [-0.2, 0) is 4.43 Å². The van der Waals surface area contributed by atoms with Gasteiger partial charge in [-0.3, -0.25) is 0 Å². The fraction of sp³-hybridized carbons (Fsp3) is 0.600. The fourth-order valence-electron chi connectivity index (χ4n) is 2.83. The van der Waals surface area contributed by atoms with E-state index >= 15 is 0 Å². The van der Waals surface area contributed by atoms with E-state index in [-0.39, 0.29) is 0 Å². The van der Waals surface area contributed by atoms with Gasteiger partial charge in [0.2, 0.25) is 0 Å². The lowest BCUT2D eigenvalue weighted by molar-refractivity contribution is 0.337. The molecule has 4 heteroatoms. The van der Waals surface area contributed by atoms with Gasteiger partial charge in [0.1, 0.15) is 7.11 Å². The van der Waals surface area contributed by atoms with Crippen LogP contribution in [0.15, 0.2) is 24.6 Å². The summed E-state index contributed by atoms with van der Waals surface area (Å²) in [5, 5.41) is 0. The van der Waals surface area contributed by atoms with Crippen LogP contribution < -0.4 is 0 Å². The van der Waals surface area contributed by atoms with Gasteiger partial charge < -0.3 is 4.43 Å². The Kier molecular flexibility index (Phi) is 3.12. The summed E-state index contributed by atoms with van der Waals surface area (Å²) in [6.07, 6.45) is 0. The van der Waals surface area contributed by atoms with Crippen LogP contribution in [0, 0.1) is 0 Å². The quantitative estimate of drug-likeness (QED) is 0.677. The summed E-state index contributed by atoms with van der Waals surface area (Å²) in [5.74, 6) is 0. The molecule has 0 aromatic heterocycles. The molecule has 0 radical (unpaired) electrons. The molecule has 0 bridgehead atoms. The van der Waals surface area contributed by atoms with Crippen LogP contribution in [0.2, 0.25) is 32.2 Å². The van der Waals surface area contributed by atoms with Gasteiger partial charge in [0.25, 0.3) is 0 Å². The van der Waals surface area contributed by atoms with Crippen LogP contribution in [0.3, 0.4) is 0 Å². The van der Waals surface area contributed by atoms with Crippen molar-refractivity contribution in [3.63, 3.8) is 0 Å². The smallest absolute Gasteiger partial charge is 0.180 e. The van der Waals surface area contributed by atoms with Crippen molar-refractivity contribution in [1.29, 1.82) is 0 Å². The minimum Gasteiger partial charge on any atom is -0.420 e. The average molecular weight is 243 g/mol. The highest BCUT2D eigenvalue weighted by Crippen LogP contribution is 2.37. The molecule has 0 unspecified atom stereocenters. The predicted molar refractivity (Wildman–Crippen MR) is 71.9 cm³/mol. The topological polar surface area (TPSA) is 9.23 Å². The molecule has 0 aromatic carbocycles. The van der Waals surface area contributed by atoms with E-state index in [0.29, 0.717) is 0 Å². The van der Waals surface area contributed by atoms with Gasteiger partial charge in [-0.2, -0.15) is 0 Å². The Bertz CT molecular complexity index is 232. The molecule has 0 aromatic rings. The first-order chi connectivity index (χ1) is 6.33. The molecule has 1 heterocycles. The van der Waals surface area contributed by atoms with Crippen LogP contribution in [0.4, 0.5) is 0 Å². The Labute approximate surface area is 90.6 Å². The maximum absolute atomic E-state index is 6.09. The molecule has 0 aliphatic carbocycles. The normalized spacial score (nSPS) is 28.0. The second-order valence-electron chi connectivity index (χ2n) is 5.27. The average Bonchev–Trinajstić information content (AvgIpc) is 2.03. The van der Waals surface area contributed by atoms with Crippen molar-refractivity contribution in [2.24, 2.45) is 0 Å². The largest absolute Gasteiger partial charge is 0.420 e. The van der Waals surface area contributed by atoms with Gasteiger partial charge in [-0.25, -0.2) is 0 Å². The third-order valence-corrected chi connectivity index (χ3v) is 39.7. The zero-order valence-corrected chi connectivity index (χ0v) is 12.9. The van der Waals surface area contributed by atoms with Gasteiger partial charge in [0, 0.05) is 6.61 Å². The first-order valence-electron chi connectivity index (χ1n) is 5.24. The maximum atomic E-state index is 6.09. The Balaban J connectivity index is 3.27. The molecule has 1 nitrogen and oxygen atoms in total. The molecule has 0 saturated carbocycles. The summed E-state index contributed by atoms with van der Waals surface area (Å²) in [5.41, 5.74) is 4.52. The van der Waals surface area contributed by atoms with E-state index < -0.39 is 22.5 Å². The minimum atomic E-state index is -1.54. The third kappa shape index (κ3) is 1.44. The van der Waals surface area contributed by atoms with Crippen molar-refractivity contribution in [3.8, 4) is 0 Å². The summed E-state index contributed by atoms with van der Waals surface area (Å²) >= 11 is 0. The van der Waals surface area contributed by atoms with Gasteiger partial charge in [0.05, 0.1) is 7.59 Å². The summed E-state index contributed by atoms with van der Waals surface area (Å²) in [7, 11) is -4.21. The fourth-order valence-corrected chi connectivity index (χ4v) is 39.0. The number of rotatable bonds is 2. The lowest BCUT2D eigenvalue weighted by Gasteiger charge is -2.52. The number of hydrogen-bond acceptors (Lipinski definition) is 1. The molecule has 1 aliphatic heterocycles. The van der Waals surface area contributed by atoms with Crippen LogP contribution in [0.5, 0.6) is 0 Å². The molecule has 0 N–H and O–H groups in total. The second-order valence-corrected chi connectivity index (χ2v) is 29.5. The maximum Gasteiger partial charge on any atom is 0.180 e. The van der Waals surface area contributed by atoms with Crippen LogP contribution in [-0.4, -0.2) is 29.1 Å². The molecule has 0 spiro atoms. The van der Waals surface area contributed by atoms with E-state index in [4.69, 9.17) is 4.43 Å². The van der Waals surface area contributed by atoms with Gasteiger partial charge in [-0.05, 0) is 19.1 Å². The molecule has 14 heavy (non-hydrogen) atoms. The second kappa shape index (κ2) is 3.59. The van der Waals surface area contributed by atoms with Crippen molar-refractivity contribution in [2.45, 2.75) is 32.2 Å². The molecule has 1 fully saturated rings. The van der Waals surface area contributed by atoms with Crippen LogP contribution in [0.1, 0.15) is 0 Å². The molecule has 0 atom stereocenters. The highest BCUT2D eigenvalue weighted by Gasteiger charge is 2.59. The molecular weight excluding hydrogens is 220 g/mol. The molecule has 1 saturated heterocycles. The first-order valence-corrected chi connectivity index (χ1v) is 15.5. The molecule has 1 aliphatic rings. The van der Waals surface area contributed by atoms with Gasteiger partial charge in [-0.1, -0.05) is 24.5 Å². The lowest BCUT2D eigenvalue weighted by Crippen LogP contribution is -2.76. The Morgan fingerprint density at radius 3 is 1.86 bits per heavy atom. The van der Waals surface area contributed by atoms with Crippen molar-refractivity contribution in [1.82, 2.24) is 0 Å². The Morgan fingerprint density at radius 2 is 1.57 bits per heavy atom. The minimum absolute atomic E-state index is 0.981. The molecular formula is C10H22OSi3. The first kappa shape index (κ1) is 12.2. The van der Waals surface area contributed by atoms with Crippen molar-refractivity contribution in [3.05, 3.63) is 24.6 Å². The van der Waals surface area contributed by atoms with Crippen molar-refractivity contribution < 1.29 is 4.43 Å². The number of hydrogen-bond donors (Lipinski definition) is 0. The van der Waals surface area contributed by atoms with Crippen LogP contribution >= 0.6 is 0 Å². The zero-order chi connectivity index (χ0) is 11.0. The highest BCUT2D eigenvalue weighted by atomic mass is 29.6. The molecule has 0 amide bonds. The summed E-state index contributed by atoms with van der Waals surface area (Å²) in [6, 6.07) is 1.29. The molecule has 1 rings (SSSR count). The van der Waals surface area contributed by atoms with E-state index in [0.717, 1.165) is 6.61 Å². The van der Waals surface area contributed by atoms with E-state index in [9.17, 15) is 0 Å². The van der Waals surface area contributed by atoms with Gasteiger partial charge >= 0.3 is 0 Å². The highest BCUT2D eigenvalue weighted by molar-refractivity contribution is 7.71. The Hall–Kier alpha value is 0.0906. The van der Waals surface area contributed by atoms with E-state index in [1.807, 2.05) is 0 Å². The Morgan fingerprint density at radius 1 is 1.07 bits per heavy atom. The van der Waals surface area contributed by atoms with E-state index in [1.165, 1.54) is 6.04 Å². The summed E-state index contributed by atoms with van der Waals surface area (Å²) in [6.45, 7) is 18.9. The van der Waals surface area contributed by atoms with E-state index in [2.05, 4.69) is 50.7 Å². The standard InChI is InChI=1S/C10H22OSi3/c1-7-14(8-2)12(3,4)10-9-11-13(14,5)6/h7-8H,1-2,9-10H2,3-6H3. The van der Waals surface area contributed by atoms with Crippen LogP contribution in [0.25, 0.3) is 0 Å². The molecule has 80 valence electrons. The van der Waals surface area contributed by atoms with E-state index in [1.54, 1.807) is 0 Å². The van der Waals surface area contributed by atoms with Crippen molar-refractivity contribution >= 4 is 22.5 Å². The predicted octanol–water partition coefficient (Wildman–Crippen LogP) is 2.99. The SMILES string of the molecule is C=C[Si]1(C=C)[Si](C)(C)CCO[Si]1(C)C. The summed E-state index contributed by atoms with van der Waals surface area (Å²) < 4.78 is 6.09. The van der Waals surface area contributed by atoms with Gasteiger partial charge in [-0.15, -0.1) is 13.2 Å².